The van der Waals surface area contributed by atoms with E-state index in [1.807, 2.05) is 44.3 Å². The van der Waals surface area contributed by atoms with Crippen molar-refractivity contribution in [2.75, 3.05) is 13.2 Å². The number of nitrogens with zero attached hydrogens (tertiary/aromatic N) is 1. The van der Waals surface area contributed by atoms with E-state index in [-0.39, 0.29) is 5.92 Å². The van der Waals surface area contributed by atoms with Crippen LogP contribution in [0.3, 0.4) is 0 Å². The Kier molecular flexibility index (Phi) is 6.50. The molecular weight excluding hydrogens is 371 g/mol. The Hall–Kier alpha value is -2.20. The first-order chi connectivity index (χ1) is 13.5. The molecule has 0 radical (unpaired) electrons. The first-order valence-corrected chi connectivity index (χ1v) is 11.1. The van der Waals surface area contributed by atoms with Gasteiger partial charge in [-0.2, -0.15) is 0 Å². The van der Waals surface area contributed by atoms with Crippen LogP contribution in [-0.2, 0) is 13.6 Å². The number of hydrogen-bond donors (Lipinski definition) is 1. The minimum Gasteiger partial charge on any atom is -0.348 e. The van der Waals surface area contributed by atoms with Crippen molar-refractivity contribution in [3.8, 4) is 0 Å². The molecule has 3 rings (SSSR count). The summed E-state index contributed by atoms with van der Waals surface area (Å²) in [6.45, 7) is 8.52. The van der Waals surface area contributed by atoms with E-state index in [9.17, 15) is 4.57 Å². The third-order valence-electron chi connectivity index (χ3n) is 4.91. The van der Waals surface area contributed by atoms with Crippen molar-refractivity contribution in [3.63, 3.8) is 0 Å². The molecule has 1 N–H and O–H groups in total. The molecule has 0 amide bonds. The van der Waals surface area contributed by atoms with Crippen LogP contribution >= 0.6 is 7.60 Å². The zero-order valence-corrected chi connectivity index (χ0v) is 17.7. The maximum absolute atomic E-state index is 13.3. The third kappa shape index (κ3) is 4.12. The molecule has 5 nitrogen and oxygen atoms in total. The Morgan fingerprint density at radius 1 is 1.07 bits per heavy atom. The second-order valence-corrected chi connectivity index (χ2v) is 8.68. The molecule has 28 heavy (non-hydrogen) atoms. The maximum atomic E-state index is 13.3. The Bertz CT molecular complexity index is 960. The van der Waals surface area contributed by atoms with Crippen molar-refractivity contribution in [1.29, 1.82) is 0 Å². The lowest BCUT2D eigenvalue weighted by Gasteiger charge is -2.22. The molecule has 0 spiro atoms. The number of nitrogens with one attached hydrogen (secondary N) is 1. The Morgan fingerprint density at radius 3 is 2.43 bits per heavy atom. The van der Waals surface area contributed by atoms with E-state index in [0.29, 0.717) is 18.5 Å². The molecule has 6 heteroatoms. The molecule has 0 saturated carbocycles. The zero-order valence-electron chi connectivity index (χ0n) is 16.8. The fourth-order valence-electron chi connectivity index (χ4n) is 3.44. The highest BCUT2D eigenvalue weighted by atomic mass is 31.2. The van der Waals surface area contributed by atoms with Gasteiger partial charge in [-0.15, -0.1) is 0 Å². The summed E-state index contributed by atoms with van der Waals surface area (Å²) >= 11 is 0. The van der Waals surface area contributed by atoms with Crippen LogP contribution in [0.4, 0.5) is 0 Å². The van der Waals surface area contributed by atoms with Crippen molar-refractivity contribution >= 4 is 12.9 Å². The summed E-state index contributed by atoms with van der Waals surface area (Å²) < 4.78 is 24.4. The molecule has 1 aromatic heterocycles. The molecule has 0 aliphatic carbocycles. The summed E-state index contributed by atoms with van der Waals surface area (Å²) in [4.78, 5) is 7.46. The molecule has 1 atom stereocenters. The Morgan fingerprint density at radius 2 is 1.79 bits per heavy atom. The van der Waals surface area contributed by atoms with E-state index in [1.165, 1.54) is 16.7 Å². The molecule has 0 aliphatic heterocycles. The molecule has 3 aromatic rings. The largest absolute Gasteiger partial charge is 0.361 e. The van der Waals surface area contributed by atoms with Crippen molar-refractivity contribution < 1.29 is 13.6 Å². The van der Waals surface area contributed by atoms with Gasteiger partial charge < -0.3 is 14.0 Å². The highest BCUT2D eigenvalue weighted by Gasteiger charge is 2.29. The zero-order chi connectivity index (χ0) is 20.1. The fraction of sp³-hybridized carbons (Fsp3) is 0.318. The van der Waals surface area contributed by atoms with Gasteiger partial charge in [-0.1, -0.05) is 30.3 Å². The average Bonchev–Trinajstić information content (AvgIpc) is 3.20. The second-order valence-electron chi connectivity index (χ2n) is 6.66. The van der Waals surface area contributed by atoms with Crippen LogP contribution in [0, 0.1) is 13.8 Å². The minimum atomic E-state index is -3.35. The molecule has 0 bridgehead atoms. The maximum Gasteiger partial charge on any atom is 0.361 e. The van der Waals surface area contributed by atoms with Crippen LogP contribution in [0.2, 0.25) is 0 Å². The van der Waals surface area contributed by atoms with Crippen LogP contribution in [0.5, 0.6) is 0 Å². The van der Waals surface area contributed by atoms with E-state index in [0.717, 1.165) is 11.3 Å². The lowest BCUT2D eigenvalue weighted by Crippen LogP contribution is -2.14. The standard InChI is InChI=1S/C22H27N2O3P/c1-5-26-28(25,27-6-2)19-11-8-10-18(13-19)22(21-14-23-15-24-21)20-12-7-9-16(3)17(20)4/h7-15,22H,5-6H2,1-4H3,(H,23,24). The summed E-state index contributed by atoms with van der Waals surface area (Å²) in [7, 11) is -3.35. The fourth-order valence-corrected chi connectivity index (χ4v) is 5.07. The summed E-state index contributed by atoms with van der Waals surface area (Å²) in [5.74, 6) is -0.0564. The number of hydrogen-bond acceptors (Lipinski definition) is 4. The smallest absolute Gasteiger partial charge is 0.348 e. The van der Waals surface area contributed by atoms with Gasteiger partial charge in [0.25, 0.3) is 0 Å². The van der Waals surface area contributed by atoms with Gasteiger partial charge in [-0.3, -0.25) is 4.57 Å². The molecule has 1 heterocycles. The van der Waals surface area contributed by atoms with E-state index in [1.54, 1.807) is 6.33 Å². The quantitative estimate of drug-likeness (QED) is 0.536. The van der Waals surface area contributed by atoms with Gasteiger partial charge in [0.05, 0.1) is 30.8 Å². The molecule has 148 valence electrons. The summed E-state index contributed by atoms with van der Waals surface area (Å²) in [5.41, 5.74) is 5.63. The number of aryl methyl sites for hydroxylation is 1. The van der Waals surface area contributed by atoms with Gasteiger partial charge >= 0.3 is 7.60 Å². The molecular formula is C22H27N2O3P. The van der Waals surface area contributed by atoms with E-state index >= 15 is 0 Å². The van der Waals surface area contributed by atoms with Gasteiger partial charge in [0, 0.05) is 11.9 Å². The summed E-state index contributed by atoms with van der Waals surface area (Å²) in [5, 5.41) is 0.573. The van der Waals surface area contributed by atoms with Crippen molar-refractivity contribution in [1.82, 2.24) is 9.97 Å². The minimum absolute atomic E-state index is 0.0564. The average molecular weight is 398 g/mol. The van der Waals surface area contributed by atoms with Gasteiger partial charge in [-0.25, -0.2) is 4.98 Å². The number of aromatic nitrogens is 2. The predicted octanol–water partition coefficient (Wildman–Crippen LogP) is 5.10. The highest BCUT2D eigenvalue weighted by molar-refractivity contribution is 7.62. The van der Waals surface area contributed by atoms with E-state index in [4.69, 9.17) is 9.05 Å². The van der Waals surface area contributed by atoms with Gasteiger partial charge in [0.2, 0.25) is 0 Å². The van der Waals surface area contributed by atoms with Crippen LogP contribution < -0.4 is 5.30 Å². The van der Waals surface area contributed by atoms with Crippen molar-refractivity contribution in [2.24, 2.45) is 0 Å². The number of aromatic amines is 1. The SMILES string of the molecule is CCOP(=O)(OCC)c1cccc(C(c2cnc[nH]2)c2cccc(C)c2C)c1. The topological polar surface area (TPSA) is 64.2 Å². The Balaban J connectivity index is 2.15. The molecule has 0 saturated heterocycles. The summed E-state index contributed by atoms with van der Waals surface area (Å²) in [6.07, 6.45) is 3.52. The number of rotatable bonds is 8. The van der Waals surface area contributed by atoms with Crippen molar-refractivity contribution in [3.05, 3.63) is 82.9 Å². The second kappa shape index (κ2) is 8.87. The summed E-state index contributed by atoms with van der Waals surface area (Å²) in [6, 6.07) is 14.0. The monoisotopic (exact) mass is 398 g/mol. The lowest BCUT2D eigenvalue weighted by molar-refractivity contribution is 0.230. The van der Waals surface area contributed by atoms with Gasteiger partial charge in [0.15, 0.2) is 0 Å². The molecule has 0 aliphatic rings. The van der Waals surface area contributed by atoms with Gasteiger partial charge in [0.1, 0.15) is 0 Å². The van der Waals surface area contributed by atoms with Crippen LogP contribution in [0.1, 0.15) is 47.7 Å². The number of H-pyrrole nitrogens is 1. The predicted molar refractivity (Wildman–Crippen MR) is 112 cm³/mol. The first kappa shape index (κ1) is 20.5. The first-order valence-electron chi connectivity index (χ1n) is 9.54. The van der Waals surface area contributed by atoms with Crippen molar-refractivity contribution in [2.45, 2.75) is 33.6 Å². The van der Waals surface area contributed by atoms with Crippen LogP contribution in [0.25, 0.3) is 0 Å². The highest BCUT2D eigenvalue weighted by Crippen LogP contribution is 2.47. The molecule has 2 aromatic carbocycles. The van der Waals surface area contributed by atoms with Crippen LogP contribution in [0.15, 0.2) is 55.0 Å². The lowest BCUT2D eigenvalue weighted by atomic mass is 9.85. The Labute approximate surface area is 166 Å². The van der Waals surface area contributed by atoms with E-state index in [2.05, 4.69) is 42.0 Å². The normalized spacial score (nSPS) is 12.9. The van der Waals surface area contributed by atoms with Crippen LogP contribution in [-0.4, -0.2) is 23.2 Å². The van der Waals surface area contributed by atoms with E-state index < -0.39 is 7.60 Å². The third-order valence-corrected chi connectivity index (χ3v) is 7.01. The van der Waals surface area contributed by atoms with Gasteiger partial charge in [-0.05, 0) is 62.1 Å². The molecule has 1 unspecified atom stereocenters. The molecule has 0 fully saturated rings. The number of benzene rings is 2. The number of imidazole rings is 1.